The highest BCUT2D eigenvalue weighted by Crippen LogP contribution is 2.16. The zero-order valence-corrected chi connectivity index (χ0v) is 12.2. The van der Waals surface area contributed by atoms with E-state index >= 15 is 0 Å². The Kier molecular flexibility index (Phi) is 4.70. The van der Waals surface area contributed by atoms with Crippen molar-refractivity contribution in [2.24, 2.45) is 5.73 Å². The van der Waals surface area contributed by atoms with Crippen molar-refractivity contribution in [1.82, 2.24) is 9.78 Å². The third-order valence-electron chi connectivity index (χ3n) is 3.35. The SMILES string of the molecule is Cc1ccc(NC(=O)c2cnn(CCCN)c2C)cc1F. The normalized spacial score (nSPS) is 10.7. The van der Waals surface area contributed by atoms with Crippen LogP contribution in [-0.4, -0.2) is 22.2 Å². The molecule has 1 aromatic heterocycles. The van der Waals surface area contributed by atoms with E-state index in [9.17, 15) is 9.18 Å². The minimum absolute atomic E-state index is 0.297. The van der Waals surface area contributed by atoms with Crippen LogP contribution in [0, 0.1) is 19.7 Å². The van der Waals surface area contributed by atoms with Gasteiger partial charge < -0.3 is 11.1 Å². The quantitative estimate of drug-likeness (QED) is 0.887. The lowest BCUT2D eigenvalue weighted by atomic mass is 10.2. The Bertz CT molecular complexity index is 651. The van der Waals surface area contributed by atoms with Crippen LogP contribution in [0.25, 0.3) is 0 Å². The average Bonchev–Trinajstić information content (AvgIpc) is 2.82. The maximum atomic E-state index is 13.5. The molecule has 0 spiro atoms. The molecule has 112 valence electrons. The number of nitrogens with one attached hydrogen (secondary N) is 1. The van der Waals surface area contributed by atoms with Gasteiger partial charge in [0, 0.05) is 17.9 Å². The summed E-state index contributed by atoms with van der Waals surface area (Å²) in [7, 11) is 0. The summed E-state index contributed by atoms with van der Waals surface area (Å²) in [4.78, 5) is 12.2. The van der Waals surface area contributed by atoms with E-state index in [4.69, 9.17) is 5.73 Å². The second kappa shape index (κ2) is 6.49. The van der Waals surface area contributed by atoms with Crippen LogP contribution in [0.3, 0.4) is 0 Å². The molecule has 0 aliphatic heterocycles. The number of halogens is 1. The largest absolute Gasteiger partial charge is 0.330 e. The monoisotopic (exact) mass is 290 g/mol. The van der Waals surface area contributed by atoms with Crippen LogP contribution in [0.1, 0.15) is 28.0 Å². The van der Waals surface area contributed by atoms with Crippen molar-refractivity contribution in [2.45, 2.75) is 26.8 Å². The van der Waals surface area contributed by atoms with Gasteiger partial charge in [-0.05, 0) is 44.5 Å². The van der Waals surface area contributed by atoms with E-state index in [0.29, 0.717) is 29.9 Å². The first-order chi connectivity index (χ1) is 10.0. The molecule has 0 radical (unpaired) electrons. The minimum Gasteiger partial charge on any atom is -0.330 e. The van der Waals surface area contributed by atoms with Crippen molar-refractivity contribution in [1.29, 1.82) is 0 Å². The highest BCUT2D eigenvalue weighted by molar-refractivity contribution is 6.04. The highest BCUT2D eigenvalue weighted by atomic mass is 19.1. The van der Waals surface area contributed by atoms with Crippen molar-refractivity contribution in [3.8, 4) is 0 Å². The first-order valence-electron chi connectivity index (χ1n) is 6.83. The van der Waals surface area contributed by atoms with Crippen LogP contribution in [-0.2, 0) is 6.54 Å². The Labute approximate surface area is 123 Å². The molecular formula is C15H19FN4O. The molecule has 1 heterocycles. The van der Waals surface area contributed by atoms with Crippen molar-refractivity contribution in [3.63, 3.8) is 0 Å². The van der Waals surface area contributed by atoms with Crippen LogP contribution < -0.4 is 11.1 Å². The fraction of sp³-hybridized carbons (Fsp3) is 0.333. The van der Waals surface area contributed by atoms with E-state index < -0.39 is 0 Å². The van der Waals surface area contributed by atoms with Gasteiger partial charge in [-0.3, -0.25) is 9.48 Å². The predicted molar refractivity (Wildman–Crippen MR) is 79.7 cm³/mol. The number of nitrogens with zero attached hydrogens (tertiary/aromatic N) is 2. The summed E-state index contributed by atoms with van der Waals surface area (Å²) < 4.78 is 15.2. The van der Waals surface area contributed by atoms with Gasteiger partial charge in [-0.2, -0.15) is 5.10 Å². The topological polar surface area (TPSA) is 72.9 Å². The third-order valence-corrected chi connectivity index (χ3v) is 3.35. The number of nitrogens with two attached hydrogens (primary N) is 1. The third kappa shape index (κ3) is 3.46. The Morgan fingerprint density at radius 3 is 2.86 bits per heavy atom. The van der Waals surface area contributed by atoms with E-state index in [1.807, 2.05) is 6.92 Å². The molecule has 0 saturated heterocycles. The van der Waals surface area contributed by atoms with Crippen LogP contribution in [0.4, 0.5) is 10.1 Å². The molecule has 5 nitrogen and oxygen atoms in total. The second-order valence-corrected chi connectivity index (χ2v) is 4.93. The number of carbonyl (C=O) groups excluding carboxylic acids is 1. The molecule has 0 aliphatic carbocycles. The van der Waals surface area contributed by atoms with Crippen molar-refractivity contribution >= 4 is 11.6 Å². The zero-order chi connectivity index (χ0) is 15.4. The Hall–Kier alpha value is -2.21. The van der Waals surface area contributed by atoms with Gasteiger partial charge in [0.2, 0.25) is 0 Å². The summed E-state index contributed by atoms with van der Waals surface area (Å²) in [5.41, 5.74) is 7.69. The fourth-order valence-electron chi connectivity index (χ4n) is 2.00. The number of hydrogen-bond acceptors (Lipinski definition) is 3. The summed E-state index contributed by atoms with van der Waals surface area (Å²) in [6.45, 7) is 4.75. The lowest BCUT2D eigenvalue weighted by molar-refractivity contribution is 0.102. The number of carbonyl (C=O) groups is 1. The maximum absolute atomic E-state index is 13.5. The van der Waals surface area contributed by atoms with Gasteiger partial charge in [0.15, 0.2) is 0 Å². The standard InChI is InChI=1S/C15H19FN4O/c1-10-4-5-12(8-14(10)16)19-15(21)13-9-18-20(11(13)2)7-3-6-17/h4-5,8-9H,3,6-7,17H2,1-2H3,(H,19,21). The van der Waals surface area contributed by atoms with Crippen molar-refractivity contribution in [3.05, 3.63) is 47.0 Å². The average molecular weight is 290 g/mol. The molecule has 2 aromatic rings. The molecule has 6 heteroatoms. The second-order valence-electron chi connectivity index (χ2n) is 4.93. The van der Waals surface area contributed by atoms with Crippen LogP contribution in [0.5, 0.6) is 0 Å². The van der Waals surface area contributed by atoms with Gasteiger partial charge in [0.25, 0.3) is 5.91 Å². The summed E-state index contributed by atoms with van der Waals surface area (Å²) >= 11 is 0. The molecule has 1 amide bonds. The summed E-state index contributed by atoms with van der Waals surface area (Å²) in [5, 5.41) is 6.85. The molecule has 2 rings (SSSR count). The lowest BCUT2D eigenvalue weighted by Crippen LogP contribution is -2.14. The minimum atomic E-state index is -0.344. The molecule has 0 unspecified atom stereocenters. The number of aromatic nitrogens is 2. The lowest BCUT2D eigenvalue weighted by Gasteiger charge is -2.07. The summed E-state index contributed by atoms with van der Waals surface area (Å²) in [5.74, 6) is -0.641. The zero-order valence-electron chi connectivity index (χ0n) is 12.2. The van der Waals surface area contributed by atoms with Gasteiger partial charge >= 0.3 is 0 Å². The Morgan fingerprint density at radius 1 is 1.43 bits per heavy atom. The van der Waals surface area contributed by atoms with E-state index in [1.165, 1.54) is 12.3 Å². The number of benzene rings is 1. The fourth-order valence-corrected chi connectivity index (χ4v) is 2.00. The molecule has 0 aliphatic rings. The number of rotatable bonds is 5. The molecular weight excluding hydrogens is 271 g/mol. The van der Waals surface area contributed by atoms with E-state index in [0.717, 1.165) is 12.1 Å². The Balaban J connectivity index is 2.13. The first kappa shape index (κ1) is 15.2. The van der Waals surface area contributed by atoms with Crippen molar-refractivity contribution in [2.75, 3.05) is 11.9 Å². The Morgan fingerprint density at radius 2 is 2.19 bits per heavy atom. The van der Waals surface area contributed by atoms with E-state index in [2.05, 4.69) is 10.4 Å². The molecule has 0 fully saturated rings. The number of hydrogen-bond donors (Lipinski definition) is 2. The summed E-state index contributed by atoms with van der Waals surface area (Å²) in [6, 6.07) is 4.61. The van der Waals surface area contributed by atoms with Crippen LogP contribution in [0.2, 0.25) is 0 Å². The van der Waals surface area contributed by atoms with Crippen LogP contribution in [0.15, 0.2) is 24.4 Å². The van der Waals surface area contributed by atoms with Gasteiger partial charge in [0.05, 0.1) is 11.8 Å². The van der Waals surface area contributed by atoms with Gasteiger partial charge in [-0.25, -0.2) is 4.39 Å². The van der Waals surface area contributed by atoms with E-state index in [-0.39, 0.29) is 11.7 Å². The van der Waals surface area contributed by atoms with E-state index in [1.54, 1.807) is 23.7 Å². The number of amides is 1. The predicted octanol–water partition coefficient (Wildman–Crippen LogP) is 2.24. The molecule has 21 heavy (non-hydrogen) atoms. The van der Waals surface area contributed by atoms with Crippen molar-refractivity contribution < 1.29 is 9.18 Å². The molecule has 0 bridgehead atoms. The van der Waals surface area contributed by atoms with Gasteiger partial charge in [-0.15, -0.1) is 0 Å². The smallest absolute Gasteiger partial charge is 0.259 e. The van der Waals surface area contributed by atoms with Crippen LogP contribution >= 0.6 is 0 Å². The maximum Gasteiger partial charge on any atom is 0.259 e. The first-order valence-corrected chi connectivity index (χ1v) is 6.83. The summed E-state index contributed by atoms with van der Waals surface area (Å²) in [6.07, 6.45) is 2.32. The molecule has 0 saturated carbocycles. The highest BCUT2D eigenvalue weighted by Gasteiger charge is 2.14. The number of aryl methyl sites for hydroxylation is 2. The molecule has 0 atom stereocenters. The molecule has 1 aromatic carbocycles. The van der Waals surface area contributed by atoms with Gasteiger partial charge in [-0.1, -0.05) is 6.07 Å². The number of anilines is 1. The molecule has 3 N–H and O–H groups in total. The van der Waals surface area contributed by atoms with Gasteiger partial charge in [0.1, 0.15) is 5.82 Å².